The smallest absolute Gasteiger partial charge is 0.303 e. The van der Waals surface area contributed by atoms with Gasteiger partial charge in [0, 0.05) is 6.42 Å². The van der Waals surface area contributed by atoms with Crippen molar-refractivity contribution in [3.63, 3.8) is 0 Å². The fraction of sp³-hybridized carbons (Fsp3) is 0.880. The predicted molar refractivity (Wildman–Crippen MR) is 119 cm³/mol. The largest absolute Gasteiger partial charge is 0.481 e. The number of carboxylic acids is 1. The van der Waals surface area contributed by atoms with E-state index < -0.39 is 5.97 Å². The summed E-state index contributed by atoms with van der Waals surface area (Å²) in [6.45, 7) is 2.24. The van der Waals surface area contributed by atoms with Gasteiger partial charge in [-0.3, -0.25) is 4.79 Å². The maximum absolute atomic E-state index is 10.4. The van der Waals surface area contributed by atoms with Crippen LogP contribution in [0.4, 0.5) is 0 Å². The molecule has 0 aliphatic carbocycles. The topological polar surface area (TPSA) is 37.3 Å². The van der Waals surface area contributed by atoms with E-state index in [0.717, 1.165) is 12.8 Å². The Hall–Kier alpha value is -0.790. The second kappa shape index (κ2) is 23.2. The number of rotatable bonds is 22. The van der Waals surface area contributed by atoms with Crippen molar-refractivity contribution in [3.05, 3.63) is 12.2 Å². The summed E-state index contributed by atoms with van der Waals surface area (Å²) in [7, 11) is 0. The Labute approximate surface area is 170 Å². The van der Waals surface area contributed by atoms with Crippen molar-refractivity contribution in [1.82, 2.24) is 0 Å². The van der Waals surface area contributed by atoms with Crippen LogP contribution >= 0.6 is 0 Å². The molecule has 0 aromatic heterocycles. The van der Waals surface area contributed by atoms with E-state index in [1.54, 1.807) is 0 Å². The lowest BCUT2D eigenvalue weighted by Crippen LogP contribution is -1.93. The van der Waals surface area contributed by atoms with Gasteiger partial charge in [-0.2, -0.15) is 0 Å². The van der Waals surface area contributed by atoms with Crippen LogP contribution in [-0.2, 0) is 4.79 Å². The van der Waals surface area contributed by atoms with Crippen LogP contribution in [-0.4, -0.2) is 11.1 Å². The Balaban J connectivity index is 3.02. The van der Waals surface area contributed by atoms with Crippen LogP contribution in [0.15, 0.2) is 12.2 Å². The maximum atomic E-state index is 10.4. The molecule has 0 fully saturated rings. The Kier molecular flexibility index (Phi) is 22.6. The van der Waals surface area contributed by atoms with Gasteiger partial charge in [0.15, 0.2) is 0 Å². The van der Waals surface area contributed by atoms with Gasteiger partial charge in [-0.15, -0.1) is 0 Å². The number of aliphatic carboxylic acids is 1. The Bertz CT molecular complexity index is 322. The lowest BCUT2D eigenvalue weighted by Gasteiger charge is -2.03. The highest BCUT2D eigenvalue weighted by Gasteiger charge is 1.97. The average Bonchev–Trinajstić information content (AvgIpc) is 2.65. The van der Waals surface area contributed by atoms with Gasteiger partial charge in [-0.05, 0) is 25.7 Å². The summed E-state index contributed by atoms with van der Waals surface area (Å²) in [5.74, 6) is -0.652. The summed E-state index contributed by atoms with van der Waals surface area (Å²) in [5, 5.41) is 8.58. The normalized spacial score (nSPS) is 11.4. The van der Waals surface area contributed by atoms with Gasteiger partial charge in [-0.1, -0.05) is 122 Å². The fourth-order valence-corrected chi connectivity index (χ4v) is 3.59. The van der Waals surface area contributed by atoms with Gasteiger partial charge < -0.3 is 5.11 Å². The summed E-state index contributed by atoms with van der Waals surface area (Å²) in [4.78, 5) is 10.4. The zero-order valence-corrected chi connectivity index (χ0v) is 18.4. The van der Waals surface area contributed by atoms with Crippen LogP contribution in [0, 0.1) is 0 Å². The van der Waals surface area contributed by atoms with Gasteiger partial charge in [0.2, 0.25) is 0 Å². The number of carbonyl (C=O) groups is 1. The number of unbranched alkanes of at least 4 members (excludes halogenated alkanes) is 18. The van der Waals surface area contributed by atoms with Crippen LogP contribution < -0.4 is 0 Å². The molecule has 0 aliphatic heterocycles. The molecule has 0 saturated carbocycles. The molecule has 0 aliphatic rings. The zero-order valence-electron chi connectivity index (χ0n) is 18.4. The van der Waals surface area contributed by atoms with E-state index in [1.807, 2.05) is 0 Å². The van der Waals surface area contributed by atoms with Gasteiger partial charge in [-0.25, -0.2) is 0 Å². The Morgan fingerprint density at radius 2 is 0.889 bits per heavy atom. The second-order valence-electron chi connectivity index (χ2n) is 8.20. The summed E-state index contributed by atoms with van der Waals surface area (Å²) in [6.07, 6.45) is 31.6. The molecule has 0 aromatic carbocycles. The highest BCUT2D eigenvalue weighted by molar-refractivity contribution is 5.66. The molecule has 0 radical (unpaired) electrons. The fourth-order valence-electron chi connectivity index (χ4n) is 3.59. The van der Waals surface area contributed by atoms with Crippen molar-refractivity contribution in [2.75, 3.05) is 0 Å². The van der Waals surface area contributed by atoms with Crippen molar-refractivity contribution in [1.29, 1.82) is 0 Å². The molecule has 160 valence electrons. The molecular formula is C25H48O2. The molecule has 0 saturated heterocycles. The van der Waals surface area contributed by atoms with Crippen molar-refractivity contribution in [2.24, 2.45) is 0 Å². The SMILES string of the molecule is CCCC=CCCCCCCCCCCCCCCCCCCCC(=O)O. The summed E-state index contributed by atoms with van der Waals surface area (Å²) < 4.78 is 0. The average molecular weight is 381 g/mol. The highest BCUT2D eigenvalue weighted by atomic mass is 16.4. The second-order valence-corrected chi connectivity index (χ2v) is 8.20. The van der Waals surface area contributed by atoms with Gasteiger partial charge >= 0.3 is 5.97 Å². The third-order valence-corrected chi connectivity index (χ3v) is 5.38. The number of carboxylic acid groups (broad SMARTS) is 1. The third-order valence-electron chi connectivity index (χ3n) is 5.38. The van der Waals surface area contributed by atoms with Crippen molar-refractivity contribution >= 4 is 5.97 Å². The minimum Gasteiger partial charge on any atom is -0.481 e. The van der Waals surface area contributed by atoms with E-state index >= 15 is 0 Å². The maximum Gasteiger partial charge on any atom is 0.303 e. The molecular weight excluding hydrogens is 332 g/mol. The lowest BCUT2D eigenvalue weighted by molar-refractivity contribution is -0.137. The number of hydrogen-bond acceptors (Lipinski definition) is 1. The summed E-state index contributed by atoms with van der Waals surface area (Å²) in [6, 6.07) is 0. The molecule has 0 amide bonds. The standard InChI is InChI=1S/C25H48O2/c1-2-3-4-5-6-7-8-9-10-11-12-13-14-15-16-17-18-19-20-21-22-23-24-25(26)27/h4-5H,2-3,6-24H2,1H3,(H,26,27). The Morgan fingerprint density at radius 3 is 1.26 bits per heavy atom. The quantitative estimate of drug-likeness (QED) is 0.150. The first-order chi connectivity index (χ1) is 13.3. The van der Waals surface area contributed by atoms with Crippen LogP contribution in [0.3, 0.4) is 0 Å². The first-order valence-corrected chi connectivity index (χ1v) is 12.1. The van der Waals surface area contributed by atoms with Crippen LogP contribution in [0.5, 0.6) is 0 Å². The Morgan fingerprint density at radius 1 is 0.556 bits per heavy atom. The van der Waals surface area contributed by atoms with Crippen LogP contribution in [0.1, 0.15) is 142 Å². The molecule has 27 heavy (non-hydrogen) atoms. The minimum atomic E-state index is -0.652. The number of allylic oxidation sites excluding steroid dienone is 2. The molecule has 0 bridgehead atoms. The van der Waals surface area contributed by atoms with Crippen LogP contribution in [0.25, 0.3) is 0 Å². The molecule has 0 spiro atoms. The van der Waals surface area contributed by atoms with Crippen LogP contribution in [0.2, 0.25) is 0 Å². The molecule has 0 rings (SSSR count). The molecule has 1 N–H and O–H groups in total. The van der Waals surface area contributed by atoms with E-state index in [9.17, 15) is 4.79 Å². The van der Waals surface area contributed by atoms with Gasteiger partial charge in [0.25, 0.3) is 0 Å². The lowest BCUT2D eigenvalue weighted by atomic mass is 10.0. The molecule has 0 aromatic rings. The molecule has 0 heterocycles. The van der Waals surface area contributed by atoms with Crippen molar-refractivity contribution in [3.8, 4) is 0 Å². The number of hydrogen-bond donors (Lipinski definition) is 1. The van der Waals surface area contributed by atoms with Gasteiger partial charge in [0.1, 0.15) is 0 Å². The first kappa shape index (κ1) is 26.2. The molecule has 0 unspecified atom stereocenters. The van der Waals surface area contributed by atoms with E-state index in [0.29, 0.717) is 6.42 Å². The third kappa shape index (κ3) is 25.2. The zero-order chi connectivity index (χ0) is 19.8. The summed E-state index contributed by atoms with van der Waals surface area (Å²) >= 11 is 0. The highest BCUT2D eigenvalue weighted by Crippen LogP contribution is 2.14. The molecule has 2 nitrogen and oxygen atoms in total. The van der Waals surface area contributed by atoms with E-state index in [4.69, 9.17) is 5.11 Å². The van der Waals surface area contributed by atoms with E-state index in [-0.39, 0.29) is 0 Å². The molecule has 0 atom stereocenters. The molecule has 2 heteroatoms. The summed E-state index contributed by atoms with van der Waals surface area (Å²) in [5.41, 5.74) is 0. The minimum absolute atomic E-state index is 0.344. The first-order valence-electron chi connectivity index (χ1n) is 12.1. The predicted octanol–water partition coefficient (Wildman–Crippen LogP) is 8.84. The van der Waals surface area contributed by atoms with E-state index in [2.05, 4.69) is 19.1 Å². The van der Waals surface area contributed by atoms with Gasteiger partial charge in [0.05, 0.1) is 0 Å². The van der Waals surface area contributed by atoms with Crippen molar-refractivity contribution in [2.45, 2.75) is 142 Å². The van der Waals surface area contributed by atoms with E-state index in [1.165, 1.54) is 116 Å². The van der Waals surface area contributed by atoms with Crippen molar-refractivity contribution < 1.29 is 9.90 Å². The monoisotopic (exact) mass is 380 g/mol.